The number of aromatic nitrogens is 2. The number of carbonyl (C=O) groups excluding carboxylic acids is 2. The summed E-state index contributed by atoms with van der Waals surface area (Å²) < 4.78 is 13.0. The molecular formula is C37H55ClN6O4. The highest BCUT2D eigenvalue weighted by atomic mass is 35.5. The minimum atomic E-state index is -0.626. The Bertz CT molecular complexity index is 1400. The van der Waals surface area contributed by atoms with Gasteiger partial charge in [0.2, 0.25) is 0 Å². The first kappa shape index (κ1) is 38.7. The molecule has 1 aliphatic carbocycles. The van der Waals surface area contributed by atoms with Crippen LogP contribution >= 0.6 is 11.6 Å². The van der Waals surface area contributed by atoms with Crippen LogP contribution in [0.4, 0.5) is 9.59 Å². The van der Waals surface area contributed by atoms with Gasteiger partial charge in [-0.25, -0.2) is 14.6 Å². The summed E-state index contributed by atoms with van der Waals surface area (Å²) in [7, 11) is 1.88. The zero-order valence-corrected chi connectivity index (χ0v) is 30.6. The fourth-order valence-corrected chi connectivity index (χ4v) is 5.74. The SMILES string of the molecule is C=CNC(/C=C\C)C(c1ccc(Cl)cc1C(=C)C(NC(=O)OCC1CC1)c1cncn1C)N1CCN(C(=O)OC(C)(C)C)CC1.CCC. The van der Waals surface area contributed by atoms with Gasteiger partial charge in [-0.1, -0.05) is 63.2 Å². The monoisotopic (exact) mass is 682 g/mol. The van der Waals surface area contributed by atoms with Crippen LogP contribution in [-0.4, -0.2) is 76.0 Å². The number of piperazine rings is 1. The fourth-order valence-electron chi connectivity index (χ4n) is 5.56. The molecule has 2 aromatic rings. The number of hydrogen-bond donors (Lipinski definition) is 2. The van der Waals surface area contributed by atoms with Crippen molar-refractivity contribution in [3.63, 3.8) is 0 Å². The number of nitrogens with zero attached hydrogens (tertiary/aromatic N) is 4. The molecule has 48 heavy (non-hydrogen) atoms. The van der Waals surface area contributed by atoms with E-state index in [0.717, 1.165) is 29.7 Å². The average Bonchev–Trinajstić information content (AvgIpc) is 3.77. The molecule has 11 heteroatoms. The number of amides is 2. The highest BCUT2D eigenvalue weighted by Gasteiger charge is 2.35. The van der Waals surface area contributed by atoms with Gasteiger partial charge in [-0.2, -0.15) is 0 Å². The van der Waals surface area contributed by atoms with E-state index in [0.29, 0.717) is 49.3 Å². The predicted molar refractivity (Wildman–Crippen MR) is 194 cm³/mol. The minimum Gasteiger partial charge on any atom is -0.449 e. The summed E-state index contributed by atoms with van der Waals surface area (Å²) in [5, 5.41) is 7.01. The van der Waals surface area contributed by atoms with E-state index in [9.17, 15) is 9.59 Å². The second kappa shape index (κ2) is 18.1. The summed E-state index contributed by atoms with van der Waals surface area (Å²) in [5.74, 6) is 0.436. The Morgan fingerprint density at radius 2 is 1.83 bits per heavy atom. The van der Waals surface area contributed by atoms with Gasteiger partial charge in [-0.3, -0.25) is 4.90 Å². The maximum atomic E-state index is 13.0. The number of halogens is 1. The van der Waals surface area contributed by atoms with E-state index >= 15 is 0 Å². The van der Waals surface area contributed by atoms with Gasteiger partial charge in [0.15, 0.2) is 0 Å². The first-order valence-electron chi connectivity index (χ1n) is 16.9. The molecule has 264 valence electrons. The Hall–Kier alpha value is -3.76. The molecule has 2 aliphatic rings. The van der Waals surface area contributed by atoms with Crippen molar-refractivity contribution in [1.82, 2.24) is 30.0 Å². The molecule has 2 amide bonds. The topological polar surface area (TPSA) is 101 Å². The molecule has 1 saturated carbocycles. The van der Waals surface area contributed by atoms with E-state index in [1.807, 2.05) is 63.6 Å². The van der Waals surface area contributed by atoms with Gasteiger partial charge in [0.25, 0.3) is 0 Å². The fraction of sp³-hybridized carbons (Fsp3) is 0.541. The zero-order valence-electron chi connectivity index (χ0n) is 29.8. The predicted octanol–water partition coefficient (Wildman–Crippen LogP) is 7.65. The van der Waals surface area contributed by atoms with Gasteiger partial charge >= 0.3 is 12.2 Å². The van der Waals surface area contributed by atoms with Crippen LogP contribution in [0, 0.1) is 5.92 Å². The number of hydrogen-bond acceptors (Lipinski definition) is 7. The van der Waals surface area contributed by atoms with Crippen LogP contribution in [0.3, 0.4) is 0 Å². The Morgan fingerprint density at radius 1 is 1.17 bits per heavy atom. The standard InChI is InChI=1S/C34H47ClN6O4.C3H8/c1-8-10-28(37-9-2)31(40-15-17-41(18-16-40)33(43)45-34(4,5)6)26-14-13-25(35)19-27(26)23(3)30(29-20-36-22-39(29)7)38-32(42)44-21-24-11-12-24;1-3-2/h8-10,13-14,19-20,22,24,28,30-31,37H,2-3,11-12,15-18,21H2,1,4-7H3,(H,38,42);3H2,1-2H3/b10-8-;. The molecule has 0 bridgehead atoms. The third-order valence-electron chi connectivity index (χ3n) is 8.00. The van der Waals surface area contributed by atoms with Gasteiger partial charge in [-0.05, 0) is 81.5 Å². The summed E-state index contributed by atoms with van der Waals surface area (Å²) in [6.45, 7) is 22.9. The molecule has 3 unspecified atom stereocenters. The molecule has 1 aromatic heterocycles. The Labute approximate surface area is 292 Å². The van der Waals surface area contributed by atoms with E-state index in [1.165, 1.54) is 6.42 Å². The second-order valence-corrected chi connectivity index (χ2v) is 13.8. The number of aryl methyl sites for hydroxylation is 1. The third-order valence-corrected chi connectivity index (χ3v) is 8.23. The van der Waals surface area contributed by atoms with Crippen molar-refractivity contribution in [3.8, 4) is 0 Å². The molecule has 4 rings (SSSR count). The molecule has 2 heterocycles. The Morgan fingerprint density at radius 3 is 2.38 bits per heavy atom. The van der Waals surface area contributed by atoms with Crippen LogP contribution in [0.15, 0.2) is 62.2 Å². The molecule has 2 fully saturated rings. The van der Waals surface area contributed by atoms with Crippen molar-refractivity contribution in [2.24, 2.45) is 13.0 Å². The molecule has 1 aromatic carbocycles. The van der Waals surface area contributed by atoms with Crippen LogP contribution in [-0.2, 0) is 16.5 Å². The van der Waals surface area contributed by atoms with Gasteiger partial charge < -0.3 is 29.6 Å². The van der Waals surface area contributed by atoms with Crippen molar-refractivity contribution >= 4 is 29.4 Å². The van der Waals surface area contributed by atoms with Crippen LogP contribution in [0.2, 0.25) is 5.02 Å². The molecule has 0 spiro atoms. The van der Waals surface area contributed by atoms with E-state index in [2.05, 4.69) is 53.6 Å². The quantitative estimate of drug-likeness (QED) is 0.222. The summed E-state index contributed by atoms with van der Waals surface area (Å²) >= 11 is 6.63. The minimum absolute atomic E-state index is 0.167. The van der Waals surface area contributed by atoms with E-state index in [4.69, 9.17) is 21.1 Å². The number of benzene rings is 1. The lowest BCUT2D eigenvalue weighted by Crippen LogP contribution is -2.53. The first-order valence-corrected chi connectivity index (χ1v) is 17.3. The van der Waals surface area contributed by atoms with Crippen LogP contribution in [0.25, 0.3) is 5.57 Å². The normalized spacial score (nSPS) is 17.0. The smallest absolute Gasteiger partial charge is 0.410 e. The van der Waals surface area contributed by atoms with Gasteiger partial charge in [0.05, 0.1) is 43.0 Å². The number of ether oxygens (including phenoxy) is 2. The van der Waals surface area contributed by atoms with Crippen molar-refractivity contribution < 1.29 is 19.1 Å². The number of rotatable bonds is 12. The van der Waals surface area contributed by atoms with Crippen LogP contribution in [0.1, 0.15) is 89.7 Å². The van der Waals surface area contributed by atoms with Crippen molar-refractivity contribution in [2.45, 2.75) is 84.5 Å². The molecule has 10 nitrogen and oxygen atoms in total. The summed E-state index contributed by atoms with van der Waals surface area (Å²) in [5.41, 5.74) is 2.60. The number of allylic oxidation sites excluding steroid dienone is 1. The number of alkyl carbamates (subject to hydrolysis) is 1. The lowest BCUT2D eigenvalue weighted by Gasteiger charge is -2.43. The molecule has 2 N–H and O–H groups in total. The van der Waals surface area contributed by atoms with E-state index < -0.39 is 17.7 Å². The van der Waals surface area contributed by atoms with Gasteiger partial charge in [0.1, 0.15) is 5.60 Å². The largest absolute Gasteiger partial charge is 0.449 e. The summed E-state index contributed by atoms with van der Waals surface area (Å²) in [6, 6.07) is 4.79. The lowest BCUT2D eigenvalue weighted by molar-refractivity contribution is 0.00913. The maximum Gasteiger partial charge on any atom is 0.410 e. The number of carbonyl (C=O) groups is 2. The van der Waals surface area contributed by atoms with E-state index in [1.54, 1.807) is 23.6 Å². The van der Waals surface area contributed by atoms with Crippen molar-refractivity contribution in [3.05, 3.63) is 84.1 Å². The molecule has 0 radical (unpaired) electrons. The lowest BCUT2D eigenvalue weighted by atomic mass is 9.86. The summed E-state index contributed by atoms with van der Waals surface area (Å²) in [6.07, 6.45) is 11.8. The highest BCUT2D eigenvalue weighted by molar-refractivity contribution is 6.30. The maximum absolute atomic E-state index is 13.0. The second-order valence-electron chi connectivity index (χ2n) is 13.4. The van der Waals surface area contributed by atoms with Gasteiger partial charge in [0, 0.05) is 38.2 Å². The molecule has 3 atom stereocenters. The van der Waals surface area contributed by atoms with Crippen molar-refractivity contribution in [2.75, 3.05) is 32.8 Å². The number of imidazole rings is 1. The first-order chi connectivity index (χ1) is 22.8. The highest BCUT2D eigenvalue weighted by Crippen LogP contribution is 2.38. The van der Waals surface area contributed by atoms with Crippen molar-refractivity contribution in [1.29, 1.82) is 0 Å². The van der Waals surface area contributed by atoms with Crippen LogP contribution in [0.5, 0.6) is 0 Å². The number of nitrogens with one attached hydrogen (secondary N) is 2. The third kappa shape index (κ3) is 11.2. The zero-order chi connectivity index (χ0) is 35.4. The Balaban J connectivity index is 0.00000201. The Kier molecular flexibility index (Phi) is 14.6. The average molecular weight is 683 g/mol. The molecule has 1 saturated heterocycles. The van der Waals surface area contributed by atoms with Crippen LogP contribution < -0.4 is 10.6 Å². The van der Waals surface area contributed by atoms with E-state index in [-0.39, 0.29) is 18.2 Å². The molecule has 1 aliphatic heterocycles. The summed E-state index contributed by atoms with van der Waals surface area (Å²) in [4.78, 5) is 34.2. The molecular weight excluding hydrogens is 628 g/mol. The van der Waals surface area contributed by atoms with Gasteiger partial charge in [-0.15, -0.1) is 0 Å².